The first kappa shape index (κ1) is 12.6. The van der Waals surface area contributed by atoms with Crippen molar-refractivity contribution in [3.63, 3.8) is 0 Å². The van der Waals surface area contributed by atoms with Gasteiger partial charge in [-0.2, -0.15) is 0 Å². The molecule has 1 aromatic rings. The minimum Gasteiger partial charge on any atom is -0.310 e. The van der Waals surface area contributed by atoms with Gasteiger partial charge in [0.15, 0.2) is 0 Å². The lowest BCUT2D eigenvalue weighted by molar-refractivity contribution is 0.266. The monoisotopic (exact) mass is 261 g/mol. The highest BCUT2D eigenvalue weighted by atomic mass is 32.2. The van der Waals surface area contributed by atoms with Crippen molar-refractivity contribution in [2.75, 3.05) is 6.54 Å². The van der Waals surface area contributed by atoms with Gasteiger partial charge in [0.05, 0.1) is 0 Å². The number of rotatable bonds is 2. The summed E-state index contributed by atoms with van der Waals surface area (Å²) in [6.45, 7) is 3.61. The lowest BCUT2D eigenvalue weighted by Crippen LogP contribution is -2.48. The molecule has 3 rings (SSSR count). The Kier molecular flexibility index (Phi) is 3.67. The second-order valence-corrected chi connectivity index (χ2v) is 7.14. The van der Waals surface area contributed by atoms with Crippen LogP contribution < -0.4 is 5.32 Å². The van der Waals surface area contributed by atoms with Gasteiger partial charge in [0, 0.05) is 15.7 Å². The highest BCUT2D eigenvalue weighted by molar-refractivity contribution is 8.00. The minimum absolute atomic E-state index is 0.429. The van der Waals surface area contributed by atoms with Gasteiger partial charge < -0.3 is 5.32 Å². The third-order valence-corrected chi connectivity index (χ3v) is 6.30. The van der Waals surface area contributed by atoms with Gasteiger partial charge in [-0.25, -0.2) is 0 Å². The van der Waals surface area contributed by atoms with Gasteiger partial charge in [-0.05, 0) is 37.4 Å². The van der Waals surface area contributed by atoms with Crippen LogP contribution in [0, 0.1) is 5.92 Å². The average molecular weight is 261 g/mol. The highest BCUT2D eigenvalue weighted by Crippen LogP contribution is 2.45. The van der Waals surface area contributed by atoms with Gasteiger partial charge in [-0.3, -0.25) is 0 Å². The predicted molar refractivity (Wildman–Crippen MR) is 79.1 cm³/mol. The fourth-order valence-corrected chi connectivity index (χ4v) is 5.12. The zero-order chi connectivity index (χ0) is 12.4. The van der Waals surface area contributed by atoms with Crippen molar-refractivity contribution in [2.24, 2.45) is 5.92 Å². The molecule has 18 heavy (non-hydrogen) atoms. The maximum atomic E-state index is 3.87. The number of nitrogens with one attached hydrogen (secondary N) is 1. The van der Waals surface area contributed by atoms with Crippen molar-refractivity contribution >= 4 is 11.8 Å². The van der Waals surface area contributed by atoms with E-state index in [4.69, 9.17) is 0 Å². The average Bonchev–Trinajstić information content (AvgIpc) is 2.71. The number of benzene rings is 1. The number of hydrogen-bond donors (Lipinski definition) is 1. The zero-order valence-electron chi connectivity index (χ0n) is 11.2. The first-order chi connectivity index (χ1) is 8.80. The Hall–Kier alpha value is -0.470. The molecule has 2 aliphatic rings. The van der Waals surface area contributed by atoms with Gasteiger partial charge in [0.1, 0.15) is 0 Å². The molecule has 1 saturated carbocycles. The lowest BCUT2D eigenvalue weighted by atomic mass is 9.79. The summed E-state index contributed by atoms with van der Waals surface area (Å²) in [6, 6.07) is 10.9. The van der Waals surface area contributed by atoms with Gasteiger partial charge in [-0.1, -0.05) is 44.4 Å². The van der Waals surface area contributed by atoms with Crippen molar-refractivity contribution in [1.82, 2.24) is 5.32 Å². The van der Waals surface area contributed by atoms with Gasteiger partial charge in [0.25, 0.3) is 0 Å². The summed E-state index contributed by atoms with van der Waals surface area (Å²) >= 11 is 2.10. The van der Waals surface area contributed by atoms with Crippen LogP contribution in [0.3, 0.4) is 0 Å². The van der Waals surface area contributed by atoms with Gasteiger partial charge >= 0.3 is 0 Å². The molecule has 1 aliphatic carbocycles. The summed E-state index contributed by atoms with van der Waals surface area (Å²) in [4.78, 5) is 1.43. The van der Waals surface area contributed by atoms with E-state index in [-0.39, 0.29) is 0 Å². The van der Waals surface area contributed by atoms with E-state index in [1.807, 2.05) is 0 Å². The number of hydrogen-bond acceptors (Lipinski definition) is 2. The van der Waals surface area contributed by atoms with Crippen LogP contribution >= 0.6 is 11.8 Å². The van der Waals surface area contributed by atoms with E-state index in [9.17, 15) is 0 Å². The summed E-state index contributed by atoms with van der Waals surface area (Å²) in [7, 11) is 0. The molecule has 1 heterocycles. The Labute approximate surface area is 115 Å². The SMILES string of the molecule is C[C@H]1CNC2(CCCCC2)[C@H]1Sc1ccccc1. The van der Waals surface area contributed by atoms with E-state index in [1.54, 1.807) is 0 Å². The Morgan fingerprint density at radius 2 is 1.83 bits per heavy atom. The highest BCUT2D eigenvalue weighted by Gasteiger charge is 2.47. The maximum Gasteiger partial charge on any atom is 0.0314 e. The molecule has 0 bridgehead atoms. The molecule has 0 amide bonds. The van der Waals surface area contributed by atoms with E-state index in [0.29, 0.717) is 5.54 Å². The summed E-state index contributed by atoms with van der Waals surface area (Å²) in [5.74, 6) is 0.785. The Balaban J connectivity index is 1.79. The molecular formula is C16H23NS. The Bertz CT molecular complexity index is 378. The normalized spacial score (nSPS) is 30.7. The van der Waals surface area contributed by atoms with Crippen LogP contribution in [-0.4, -0.2) is 17.3 Å². The van der Waals surface area contributed by atoms with Crippen LogP contribution in [0.15, 0.2) is 35.2 Å². The molecule has 0 aromatic heterocycles. The predicted octanol–water partition coefficient (Wildman–Crippen LogP) is 4.09. The molecule has 2 atom stereocenters. The second kappa shape index (κ2) is 5.26. The molecule has 1 aromatic carbocycles. The molecule has 2 heteroatoms. The zero-order valence-corrected chi connectivity index (χ0v) is 12.0. The van der Waals surface area contributed by atoms with Crippen LogP contribution in [0.2, 0.25) is 0 Å². The minimum atomic E-state index is 0.429. The summed E-state index contributed by atoms with van der Waals surface area (Å²) < 4.78 is 0. The molecule has 0 radical (unpaired) electrons. The fraction of sp³-hybridized carbons (Fsp3) is 0.625. The van der Waals surface area contributed by atoms with E-state index < -0.39 is 0 Å². The van der Waals surface area contributed by atoms with Crippen LogP contribution in [0.25, 0.3) is 0 Å². The van der Waals surface area contributed by atoms with Crippen LogP contribution in [0.1, 0.15) is 39.0 Å². The second-order valence-electron chi connectivity index (χ2n) is 5.93. The van der Waals surface area contributed by atoms with Crippen LogP contribution in [0.5, 0.6) is 0 Å². The van der Waals surface area contributed by atoms with Crippen LogP contribution in [-0.2, 0) is 0 Å². The molecule has 1 nitrogen and oxygen atoms in total. The van der Waals surface area contributed by atoms with E-state index >= 15 is 0 Å². The van der Waals surface area contributed by atoms with Gasteiger partial charge in [-0.15, -0.1) is 11.8 Å². The third kappa shape index (κ3) is 2.33. The molecule has 2 fully saturated rings. The summed E-state index contributed by atoms with van der Waals surface area (Å²) in [5, 5.41) is 4.62. The summed E-state index contributed by atoms with van der Waals surface area (Å²) in [6.07, 6.45) is 7.00. The van der Waals surface area contributed by atoms with Crippen molar-refractivity contribution < 1.29 is 0 Å². The topological polar surface area (TPSA) is 12.0 Å². The number of thioether (sulfide) groups is 1. The van der Waals surface area contributed by atoms with E-state index in [0.717, 1.165) is 11.2 Å². The van der Waals surface area contributed by atoms with E-state index in [2.05, 4.69) is 54.3 Å². The molecule has 1 saturated heterocycles. The lowest BCUT2D eigenvalue weighted by Gasteiger charge is -2.39. The quantitative estimate of drug-likeness (QED) is 0.860. The van der Waals surface area contributed by atoms with Crippen molar-refractivity contribution in [1.29, 1.82) is 0 Å². The smallest absolute Gasteiger partial charge is 0.0314 e. The Morgan fingerprint density at radius 3 is 2.56 bits per heavy atom. The van der Waals surface area contributed by atoms with Crippen molar-refractivity contribution in [3.05, 3.63) is 30.3 Å². The largest absolute Gasteiger partial charge is 0.310 e. The van der Waals surface area contributed by atoms with Crippen molar-refractivity contribution in [3.8, 4) is 0 Å². The van der Waals surface area contributed by atoms with Gasteiger partial charge in [0.2, 0.25) is 0 Å². The standard InChI is InChI=1S/C16H23NS/c1-13-12-17-16(10-6-3-7-11-16)15(13)18-14-8-4-2-5-9-14/h2,4-5,8-9,13,15,17H,3,6-7,10-12H2,1H3/t13-,15-/m0/s1. The molecule has 1 N–H and O–H groups in total. The molecule has 1 spiro atoms. The van der Waals surface area contributed by atoms with E-state index in [1.165, 1.54) is 43.5 Å². The third-order valence-electron chi connectivity index (χ3n) is 4.59. The Morgan fingerprint density at radius 1 is 1.11 bits per heavy atom. The first-order valence-corrected chi connectivity index (χ1v) is 8.15. The molecule has 98 valence electrons. The van der Waals surface area contributed by atoms with Crippen LogP contribution in [0.4, 0.5) is 0 Å². The fourth-order valence-electron chi connectivity index (χ4n) is 3.64. The molecular weight excluding hydrogens is 238 g/mol. The first-order valence-electron chi connectivity index (χ1n) is 7.27. The van der Waals surface area contributed by atoms with Crippen molar-refractivity contribution in [2.45, 2.75) is 54.7 Å². The maximum absolute atomic E-state index is 3.87. The summed E-state index contributed by atoms with van der Waals surface area (Å²) in [5.41, 5.74) is 0.429. The molecule has 0 unspecified atom stereocenters. The molecule has 1 aliphatic heterocycles.